The van der Waals surface area contributed by atoms with Gasteiger partial charge in [-0.2, -0.15) is 5.26 Å². The fourth-order valence-corrected chi connectivity index (χ4v) is 5.51. The van der Waals surface area contributed by atoms with Crippen molar-refractivity contribution in [3.8, 4) is 11.8 Å². The second kappa shape index (κ2) is 14.2. The van der Waals surface area contributed by atoms with Crippen molar-refractivity contribution in [2.24, 2.45) is 0 Å². The number of rotatable bonds is 10. The number of piperidine rings is 1. The van der Waals surface area contributed by atoms with Gasteiger partial charge in [-0.1, -0.05) is 12.1 Å². The van der Waals surface area contributed by atoms with Crippen LogP contribution in [0.3, 0.4) is 0 Å². The van der Waals surface area contributed by atoms with Gasteiger partial charge < -0.3 is 19.1 Å². The Morgan fingerprint density at radius 1 is 1.14 bits per heavy atom. The number of amides is 1. The first-order valence-electron chi connectivity index (χ1n) is 13.6. The Hall–Kier alpha value is -4.11. The Labute approximate surface area is 246 Å². The summed E-state index contributed by atoms with van der Waals surface area (Å²) in [6, 6.07) is 14.3. The van der Waals surface area contributed by atoms with Crippen molar-refractivity contribution >= 4 is 33.8 Å². The smallest absolute Gasteiger partial charge is 0.410 e. The Balaban J connectivity index is 1.74. The molecule has 1 amide bonds. The van der Waals surface area contributed by atoms with Gasteiger partial charge in [-0.3, -0.25) is 9.10 Å². The highest BCUT2D eigenvalue weighted by atomic mass is 32.2. The molecule has 0 aliphatic carbocycles. The maximum atomic E-state index is 15.1. The van der Waals surface area contributed by atoms with Gasteiger partial charge in [0.1, 0.15) is 23.3 Å². The molecule has 0 radical (unpaired) electrons. The molecule has 1 fully saturated rings. The van der Waals surface area contributed by atoms with Gasteiger partial charge in [-0.15, -0.1) is 0 Å². The van der Waals surface area contributed by atoms with Gasteiger partial charge in [0.15, 0.2) is 5.75 Å². The summed E-state index contributed by atoms with van der Waals surface area (Å²) in [7, 11) is -4.33. The fraction of sp³-hybridized carbons (Fsp3) is 0.433. The second-order valence-electron chi connectivity index (χ2n) is 10.7. The molecule has 0 aromatic heterocycles. The lowest BCUT2D eigenvalue weighted by atomic mass is 10.1. The number of sulfonamides is 1. The summed E-state index contributed by atoms with van der Waals surface area (Å²) in [6.07, 6.45) is 1.78. The third-order valence-electron chi connectivity index (χ3n) is 6.10. The van der Waals surface area contributed by atoms with Crippen LogP contribution in [-0.2, 0) is 24.3 Å². The SMILES string of the molecule is CCOC(=O)CS(=O)(=O)N(C/C(F)=C\c1cccc(C#N)c1)c1ccc(OC2CCN(C(=O)OC(C)(C)C)CC2)cc1. The summed E-state index contributed by atoms with van der Waals surface area (Å²) in [5.74, 6) is -2.24. The third-order valence-corrected chi connectivity index (χ3v) is 7.71. The molecule has 0 saturated carbocycles. The Bertz CT molecular complexity index is 1420. The highest BCUT2D eigenvalue weighted by molar-refractivity contribution is 7.93. The predicted molar refractivity (Wildman–Crippen MR) is 156 cm³/mol. The molecule has 0 unspecified atom stereocenters. The van der Waals surface area contributed by atoms with Gasteiger partial charge in [0.05, 0.1) is 30.5 Å². The minimum absolute atomic E-state index is 0.000582. The standard InChI is InChI=1S/C30H36FN3O7S/c1-5-39-28(35)21-42(37,38)34(20-24(31)18-22-7-6-8-23(17-22)19-32)25-9-11-26(12-10-25)40-27-13-15-33(16-14-27)29(36)41-30(2,3)4/h6-12,17-18,27H,5,13-16,20-21H2,1-4H3/b24-18+. The molecule has 10 nitrogen and oxygen atoms in total. The van der Waals surface area contributed by atoms with Gasteiger partial charge in [-0.05, 0) is 75.7 Å². The van der Waals surface area contributed by atoms with Crippen molar-refractivity contribution in [2.45, 2.75) is 52.2 Å². The zero-order valence-corrected chi connectivity index (χ0v) is 25.0. The number of esters is 1. The number of benzene rings is 2. The normalized spacial score (nSPS) is 14.6. The van der Waals surface area contributed by atoms with E-state index in [0.717, 1.165) is 10.4 Å². The minimum Gasteiger partial charge on any atom is -0.490 e. The predicted octanol–water partition coefficient (Wildman–Crippen LogP) is 5.05. The van der Waals surface area contributed by atoms with Crippen LogP contribution in [0.4, 0.5) is 14.9 Å². The Morgan fingerprint density at radius 3 is 2.40 bits per heavy atom. The lowest BCUT2D eigenvalue weighted by Gasteiger charge is -2.33. The molecule has 12 heteroatoms. The number of halogens is 1. The van der Waals surface area contributed by atoms with Crippen molar-refractivity contribution in [1.29, 1.82) is 5.26 Å². The summed E-state index contributed by atoms with van der Waals surface area (Å²) in [5, 5.41) is 9.09. The van der Waals surface area contributed by atoms with E-state index in [2.05, 4.69) is 0 Å². The largest absolute Gasteiger partial charge is 0.490 e. The van der Waals surface area contributed by atoms with E-state index in [9.17, 15) is 18.0 Å². The van der Waals surface area contributed by atoms with E-state index in [0.29, 0.717) is 42.8 Å². The second-order valence-corrected chi connectivity index (χ2v) is 12.6. The summed E-state index contributed by atoms with van der Waals surface area (Å²) in [6.45, 7) is 7.26. The van der Waals surface area contributed by atoms with E-state index in [-0.39, 0.29) is 24.5 Å². The van der Waals surface area contributed by atoms with Crippen LogP contribution in [0.5, 0.6) is 5.75 Å². The molecule has 0 bridgehead atoms. The van der Waals surface area contributed by atoms with E-state index >= 15 is 4.39 Å². The number of carbonyl (C=O) groups excluding carboxylic acids is 2. The van der Waals surface area contributed by atoms with E-state index in [4.69, 9.17) is 19.5 Å². The number of nitriles is 1. The number of nitrogens with zero attached hydrogens (tertiary/aromatic N) is 3. The van der Waals surface area contributed by atoms with Crippen LogP contribution in [0.25, 0.3) is 6.08 Å². The van der Waals surface area contributed by atoms with Gasteiger partial charge in [-0.25, -0.2) is 17.6 Å². The molecule has 1 saturated heterocycles. The first kappa shape index (κ1) is 32.4. The van der Waals surface area contributed by atoms with Gasteiger partial charge >= 0.3 is 12.1 Å². The van der Waals surface area contributed by atoms with Gasteiger partial charge in [0, 0.05) is 25.9 Å². The van der Waals surface area contributed by atoms with Crippen molar-refractivity contribution in [3.05, 3.63) is 65.5 Å². The van der Waals surface area contributed by atoms with Crippen LogP contribution < -0.4 is 9.04 Å². The molecule has 0 atom stereocenters. The average Bonchev–Trinajstić information content (AvgIpc) is 2.91. The molecule has 1 aliphatic rings. The highest BCUT2D eigenvalue weighted by Crippen LogP contribution is 2.27. The summed E-state index contributed by atoms with van der Waals surface area (Å²) in [4.78, 5) is 26.0. The highest BCUT2D eigenvalue weighted by Gasteiger charge is 2.29. The molecule has 226 valence electrons. The molecular formula is C30H36FN3O7S. The number of hydrogen-bond donors (Lipinski definition) is 0. The van der Waals surface area contributed by atoms with Crippen molar-refractivity contribution in [2.75, 3.05) is 36.3 Å². The molecule has 2 aromatic rings. The molecular weight excluding hydrogens is 565 g/mol. The first-order valence-corrected chi connectivity index (χ1v) is 15.2. The molecule has 2 aromatic carbocycles. The van der Waals surface area contributed by atoms with E-state index in [1.807, 2.05) is 26.8 Å². The third kappa shape index (κ3) is 9.76. The quantitative estimate of drug-likeness (QED) is 0.347. The topological polar surface area (TPSA) is 126 Å². The molecule has 0 spiro atoms. The van der Waals surface area contributed by atoms with E-state index < -0.39 is 39.7 Å². The van der Waals surface area contributed by atoms with Crippen LogP contribution in [0.1, 0.15) is 51.7 Å². The monoisotopic (exact) mass is 601 g/mol. The van der Waals surface area contributed by atoms with Crippen molar-refractivity contribution in [1.82, 2.24) is 4.90 Å². The Kier molecular flexibility index (Phi) is 10.9. The van der Waals surface area contributed by atoms with Crippen molar-refractivity contribution < 1.29 is 36.6 Å². The summed E-state index contributed by atoms with van der Waals surface area (Å²) >= 11 is 0. The van der Waals surface area contributed by atoms with E-state index in [1.165, 1.54) is 18.2 Å². The maximum absolute atomic E-state index is 15.1. The number of carbonyl (C=O) groups is 2. The molecule has 42 heavy (non-hydrogen) atoms. The van der Waals surface area contributed by atoms with Crippen molar-refractivity contribution in [3.63, 3.8) is 0 Å². The van der Waals surface area contributed by atoms with Gasteiger partial charge in [0.25, 0.3) is 0 Å². The summed E-state index contributed by atoms with van der Waals surface area (Å²) < 4.78 is 58.6. The van der Waals surface area contributed by atoms with Crippen LogP contribution in [-0.4, -0.2) is 69.1 Å². The molecule has 3 rings (SSSR count). The van der Waals surface area contributed by atoms with E-state index in [1.54, 1.807) is 42.2 Å². The maximum Gasteiger partial charge on any atom is 0.410 e. The Morgan fingerprint density at radius 2 is 1.81 bits per heavy atom. The molecule has 1 aliphatic heterocycles. The average molecular weight is 602 g/mol. The number of likely N-dealkylation sites (tertiary alicyclic amines) is 1. The fourth-order valence-electron chi connectivity index (χ4n) is 4.21. The molecule has 0 N–H and O–H groups in total. The lowest BCUT2D eigenvalue weighted by Crippen LogP contribution is -2.44. The zero-order chi connectivity index (χ0) is 30.9. The lowest BCUT2D eigenvalue weighted by molar-refractivity contribution is -0.139. The zero-order valence-electron chi connectivity index (χ0n) is 24.2. The number of ether oxygens (including phenoxy) is 3. The van der Waals surface area contributed by atoms with Crippen LogP contribution in [0.15, 0.2) is 54.4 Å². The van der Waals surface area contributed by atoms with Crippen LogP contribution in [0.2, 0.25) is 0 Å². The summed E-state index contributed by atoms with van der Waals surface area (Å²) in [5.41, 5.74) is 0.260. The van der Waals surface area contributed by atoms with Crippen LogP contribution >= 0.6 is 0 Å². The first-order chi connectivity index (χ1) is 19.8. The van der Waals surface area contributed by atoms with Crippen LogP contribution in [0, 0.1) is 11.3 Å². The number of anilines is 1. The molecule has 1 heterocycles. The number of hydrogen-bond acceptors (Lipinski definition) is 8. The minimum atomic E-state index is -4.33. The van der Waals surface area contributed by atoms with Gasteiger partial charge in [0.2, 0.25) is 10.0 Å².